The average Bonchev–Trinajstić information content (AvgIpc) is 3.21. The molecule has 0 unspecified atom stereocenters. The van der Waals surface area contributed by atoms with Gasteiger partial charge in [-0.05, 0) is 36.5 Å². The fraction of sp³-hybridized carbons (Fsp3) is 0.360. The number of benzene rings is 2. The summed E-state index contributed by atoms with van der Waals surface area (Å²) >= 11 is 0. The Morgan fingerprint density at radius 2 is 1.72 bits per heavy atom. The number of aromatic amines is 1. The van der Waals surface area contributed by atoms with Crippen LogP contribution < -0.4 is 0 Å². The highest BCUT2D eigenvalue weighted by molar-refractivity contribution is 5.86. The number of aromatic nitrogens is 1. The minimum absolute atomic E-state index is 0.0406. The first-order chi connectivity index (χ1) is 15.7. The van der Waals surface area contributed by atoms with Gasteiger partial charge in [0.2, 0.25) is 5.91 Å². The number of para-hydroxylation sites is 1. The first-order valence-electron chi connectivity index (χ1n) is 11.2. The SMILES string of the molecule is O=C(OCc1ccccc1)ON1CCC(C(=O)N2CCc3c([nH]c4ccccc34)C2)CC1. The Hall–Kier alpha value is -3.32. The summed E-state index contributed by atoms with van der Waals surface area (Å²) < 4.78 is 5.18. The highest BCUT2D eigenvalue weighted by Gasteiger charge is 2.32. The lowest BCUT2D eigenvalue weighted by Crippen LogP contribution is -2.44. The van der Waals surface area contributed by atoms with Gasteiger partial charge in [-0.2, -0.15) is 0 Å². The number of hydrogen-bond donors (Lipinski definition) is 1. The lowest BCUT2D eigenvalue weighted by molar-refractivity contribution is -0.155. The highest BCUT2D eigenvalue weighted by Crippen LogP contribution is 2.29. The van der Waals surface area contributed by atoms with E-state index in [-0.39, 0.29) is 18.4 Å². The molecular formula is C25H27N3O4. The van der Waals surface area contributed by atoms with Gasteiger partial charge in [0.15, 0.2) is 0 Å². The molecule has 166 valence electrons. The third-order valence-electron chi connectivity index (χ3n) is 6.40. The number of nitrogens with zero attached hydrogens (tertiary/aromatic N) is 2. The number of carbonyl (C=O) groups excluding carboxylic acids is 2. The molecule has 2 aliphatic rings. The summed E-state index contributed by atoms with van der Waals surface area (Å²) in [6, 6.07) is 17.8. The molecule has 0 aliphatic carbocycles. The zero-order valence-corrected chi connectivity index (χ0v) is 18.0. The molecule has 0 spiro atoms. The number of fused-ring (bicyclic) bond motifs is 3. The van der Waals surface area contributed by atoms with Crippen molar-refractivity contribution >= 4 is 23.0 Å². The van der Waals surface area contributed by atoms with Crippen LogP contribution in [-0.4, -0.2) is 46.6 Å². The van der Waals surface area contributed by atoms with Crippen LogP contribution in [0.1, 0.15) is 29.7 Å². The number of hydrogen-bond acceptors (Lipinski definition) is 5. The molecule has 0 radical (unpaired) electrons. The van der Waals surface area contributed by atoms with Crippen molar-refractivity contribution in [3.8, 4) is 0 Å². The molecule has 5 rings (SSSR count). The van der Waals surface area contributed by atoms with Crippen LogP contribution in [0.3, 0.4) is 0 Å². The molecule has 0 saturated carbocycles. The van der Waals surface area contributed by atoms with E-state index in [2.05, 4.69) is 23.2 Å². The molecule has 2 aliphatic heterocycles. The molecule has 1 N–H and O–H groups in total. The summed E-state index contributed by atoms with van der Waals surface area (Å²) in [5, 5.41) is 2.86. The Morgan fingerprint density at radius 3 is 2.53 bits per heavy atom. The van der Waals surface area contributed by atoms with Gasteiger partial charge in [0, 0.05) is 42.1 Å². The van der Waals surface area contributed by atoms with Crippen LogP contribution in [0.4, 0.5) is 4.79 Å². The van der Waals surface area contributed by atoms with Gasteiger partial charge in [0.05, 0.1) is 6.54 Å². The second-order valence-corrected chi connectivity index (χ2v) is 8.46. The van der Waals surface area contributed by atoms with E-state index in [4.69, 9.17) is 9.57 Å². The van der Waals surface area contributed by atoms with Crippen molar-refractivity contribution in [3.05, 3.63) is 71.4 Å². The first kappa shape index (κ1) is 20.6. The number of H-pyrrole nitrogens is 1. The van der Waals surface area contributed by atoms with Crippen molar-refractivity contribution in [3.63, 3.8) is 0 Å². The van der Waals surface area contributed by atoms with Crippen molar-refractivity contribution in [1.82, 2.24) is 14.9 Å². The lowest BCUT2D eigenvalue weighted by atomic mass is 9.94. The number of hydroxylamine groups is 2. The fourth-order valence-corrected chi connectivity index (χ4v) is 4.68. The van der Waals surface area contributed by atoms with E-state index >= 15 is 0 Å². The number of carbonyl (C=O) groups is 2. The molecule has 2 aromatic carbocycles. The molecule has 1 aromatic heterocycles. The van der Waals surface area contributed by atoms with E-state index in [0.717, 1.165) is 29.7 Å². The Kier molecular flexibility index (Phi) is 5.81. The zero-order chi connectivity index (χ0) is 21.9. The van der Waals surface area contributed by atoms with Gasteiger partial charge < -0.3 is 19.5 Å². The second kappa shape index (κ2) is 9.04. The zero-order valence-electron chi connectivity index (χ0n) is 18.0. The van der Waals surface area contributed by atoms with Gasteiger partial charge in [-0.1, -0.05) is 48.5 Å². The normalized spacial score (nSPS) is 17.2. The Labute approximate surface area is 186 Å². The summed E-state index contributed by atoms with van der Waals surface area (Å²) in [4.78, 5) is 35.9. The quantitative estimate of drug-likeness (QED) is 0.629. The number of nitrogens with one attached hydrogen (secondary N) is 1. The molecule has 0 atom stereocenters. The molecule has 32 heavy (non-hydrogen) atoms. The number of ether oxygens (including phenoxy) is 1. The molecule has 1 amide bonds. The maximum atomic E-state index is 13.1. The van der Waals surface area contributed by atoms with Crippen LogP contribution in [-0.2, 0) is 33.9 Å². The Balaban J connectivity index is 1.10. The van der Waals surface area contributed by atoms with Gasteiger partial charge in [-0.25, -0.2) is 4.79 Å². The number of piperidine rings is 1. The van der Waals surface area contributed by atoms with Gasteiger partial charge in [-0.15, -0.1) is 5.06 Å². The van der Waals surface area contributed by atoms with Crippen LogP contribution in [0.2, 0.25) is 0 Å². The summed E-state index contributed by atoms with van der Waals surface area (Å²) in [6.45, 7) is 2.62. The molecule has 0 bridgehead atoms. The third-order valence-corrected chi connectivity index (χ3v) is 6.40. The van der Waals surface area contributed by atoms with E-state index in [0.29, 0.717) is 32.5 Å². The lowest BCUT2D eigenvalue weighted by Gasteiger charge is -2.34. The van der Waals surface area contributed by atoms with Crippen molar-refractivity contribution < 1.29 is 19.2 Å². The van der Waals surface area contributed by atoms with Gasteiger partial charge >= 0.3 is 6.16 Å². The van der Waals surface area contributed by atoms with Crippen LogP contribution in [0.5, 0.6) is 0 Å². The number of amides is 1. The van der Waals surface area contributed by atoms with Crippen molar-refractivity contribution in [2.24, 2.45) is 5.92 Å². The van der Waals surface area contributed by atoms with Crippen LogP contribution >= 0.6 is 0 Å². The van der Waals surface area contributed by atoms with E-state index in [1.54, 1.807) is 5.06 Å². The molecular weight excluding hydrogens is 406 g/mol. The van der Waals surface area contributed by atoms with E-state index < -0.39 is 6.16 Å². The molecule has 3 heterocycles. The predicted octanol–water partition coefficient (Wildman–Crippen LogP) is 4.03. The summed E-state index contributed by atoms with van der Waals surface area (Å²) in [5.74, 6) is 0.154. The molecule has 1 saturated heterocycles. The topological polar surface area (TPSA) is 74.9 Å². The molecule has 3 aromatic rings. The molecule has 7 nitrogen and oxygen atoms in total. The smallest absolute Gasteiger partial charge is 0.428 e. The monoisotopic (exact) mass is 433 g/mol. The van der Waals surface area contributed by atoms with E-state index in [1.165, 1.54) is 10.9 Å². The minimum Gasteiger partial charge on any atom is -0.428 e. The van der Waals surface area contributed by atoms with Gasteiger partial charge in [-0.3, -0.25) is 4.79 Å². The van der Waals surface area contributed by atoms with E-state index in [1.807, 2.05) is 41.3 Å². The maximum absolute atomic E-state index is 13.1. The summed E-state index contributed by atoms with van der Waals surface area (Å²) in [6.07, 6.45) is 1.50. The van der Waals surface area contributed by atoms with Crippen LogP contribution in [0, 0.1) is 5.92 Å². The summed E-state index contributed by atoms with van der Waals surface area (Å²) in [7, 11) is 0. The summed E-state index contributed by atoms with van der Waals surface area (Å²) in [5.41, 5.74) is 4.53. The van der Waals surface area contributed by atoms with Crippen molar-refractivity contribution in [2.75, 3.05) is 19.6 Å². The minimum atomic E-state index is -0.707. The van der Waals surface area contributed by atoms with Crippen LogP contribution in [0.25, 0.3) is 10.9 Å². The van der Waals surface area contributed by atoms with Crippen molar-refractivity contribution in [2.45, 2.75) is 32.4 Å². The van der Waals surface area contributed by atoms with Crippen molar-refractivity contribution in [1.29, 1.82) is 0 Å². The van der Waals surface area contributed by atoms with Gasteiger partial charge in [0.1, 0.15) is 6.61 Å². The van der Waals surface area contributed by atoms with Gasteiger partial charge in [0.25, 0.3) is 0 Å². The third kappa shape index (κ3) is 4.34. The fourth-order valence-electron chi connectivity index (χ4n) is 4.68. The number of rotatable bonds is 4. The Morgan fingerprint density at radius 1 is 0.969 bits per heavy atom. The van der Waals surface area contributed by atoms with Crippen LogP contribution in [0.15, 0.2) is 54.6 Å². The standard InChI is InChI=1S/C25H27N3O4/c29-24(27-13-12-21-20-8-4-5-9-22(20)26-23(21)16-27)19-10-14-28(15-11-19)32-25(30)31-17-18-6-2-1-3-7-18/h1-9,19,26H,10-17H2. The average molecular weight is 434 g/mol. The first-order valence-corrected chi connectivity index (χ1v) is 11.2. The molecule has 1 fully saturated rings. The second-order valence-electron chi connectivity index (χ2n) is 8.46. The highest BCUT2D eigenvalue weighted by atomic mass is 16.8. The Bertz CT molecular complexity index is 1100. The largest absolute Gasteiger partial charge is 0.528 e. The predicted molar refractivity (Wildman–Crippen MR) is 119 cm³/mol. The molecule has 7 heteroatoms. The maximum Gasteiger partial charge on any atom is 0.528 e. The van der Waals surface area contributed by atoms with E-state index in [9.17, 15) is 9.59 Å².